The van der Waals surface area contributed by atoms with E-state index in [0.717, 1.165) is 0 Å². The van der Waals surface area contributed by atoms with Crippen LogP contribution in [0.1, 0.15) is 5.82 Å². The van der Waals surface area contributed by atoms with Gasteiger partial charge < -0.3 is 10.3 Å². The summed E-state index contributed by atoms with van der Waals surface area (Å²) in [7, 11) is 0. The summed E-state index contributed by atoms with van der Waals surface area (Å²) in [6.45, 7) is 0.263. The van der Waals surface area contributed by atoms with E-state index in [9.17, 15) is 4.79 Å². The molecule has 8 nitrogen and oxygen atoms in total. The van der Waals surface area contributed by atoms with Gasteiger partial charge in [0.05, 0.1) is 29.5 Å². The Morgan fingerprint density at radius 3 is 2.76 bits per heavy atom. The zero-order valence-corrected chi connectivity index (χ0v) is 15.8. The van der Waals surface area contributed by atoms with Crippen LogP contribution in [0.15, 0.2) is 66.0 Å². The van der Waals surface area contributed by atoms with Gasteiger partial charge in [0, 0.05) is 5.02 Å². The average Bonchev–Trinajstić information content (AvgIpc) is 3.12. The largest absolute Gasteiger partial charge is 0.382 e. The Morgan fingerprint density at radius 2 is 1.90 bits per heavy atom. The molecule has 0 aliphatic carbocycles. The molecule has 0 atom stereocenters. The number of nitrogen functional groups attached to an aromatic ring is 1. The average molecular weight is 404 g/mol. The zero-order chi connectivity index (χ0) is 20.0. The number of aromatic nitrogens is 6. The van der Waals surface area contributed by atoms with Crippen LogP contribution in [0.3, 0.4) is 0 Å². The molecule has 0 unspecified atom stereocenters. The number of benzene rings is 2. The van der Waals surface area contributed by atoms with E-state index in [0.29, 0.717) is 44.4 Å². The van der Waals surface area contributed by atoms with Crippen LogP contribution in [-0.4, -0.2) is 29.1 Å². The molecule has 0 radical (unpaired) electrons. The van der Waals surface area contributed by atoms with E-state index in [4.69, 9.17) is 22.3 Å². The second-order valence-corrected chi connectivity index (χ2v) is 6.91. The van der Waals surface area contributed by atoms with Crippen LogP contribution in [0.2, 0.25) is 5.02 Å². The highest BCUT2D eigenvalue weighted by molar-refractivity contribution is 6.30. The summed E-state index contributed by atoms with van der Waals surface area (Å²) in [5, 5.41) is 1.06. The maximum atomic E-state index is 13.3. The van der Waals surface area contributed by atoms with Crippen LogP contribution >= 0.6 is 11.6 Å². The number of rotatable bonds is 3. The quantitative estimate of drug-likeness (QED) is 0.496. The van der Waals surface area contributed by atoms with Gasteiger partial charge in [0.1, 0.15) is 17.7 Å². The summed E-state index contributed by atoms with van der Waals surface area (Å²) in [4.78, 5) is 30.6. The maximum absolute atomic E-state index is 13.3. The van der Waals surface area contributed by atoms with E-state index in [-0.39, 0.29) is 12.1 Å². The molecule has 142 valence electrons. The fraction of sp³-hybridized carbons (Fsp3) is 0.0500. The molecule has 0 saturated carbocycles. The molecule has 0 saturated heterocycles. The molecule has 5 rings (SSSR count). The van der Waals surface area contributed by atoms with Gasteiger partial charge in [-0.3, -0.25) is 9.36 Å². The summed E-state index contributed by atoms with van der Waals surface area (Å²) in [6.07, 6.45) is 2.99. The van der Waals surface area contributed by atoms with Gasteiger partial charge in [0.15, 0.2) is 11.5 Å². The first-order chi connectivity index (χ1) is 14.1. The van der Waals surface area contributed by atoms with E-state index < -0.39 is 0 Å². The fourth-order valence-corrected chi connectivity index (χ4v) is 3.52. The topological polar surface area (TPSA) is 105 Å². The zero-order valence-electron chi connectivity index (χ0n) is 15.0. The van der Waals surface area contributed by atoms with Crippen LogP contribution in [0.25, 0.3) is 27.8 Å². The van der Waals surface area contributed by atoms with Crippen molar-refractivity contribution in [1.82, 2.24) is 29.1 Å². The minimum atomic E-state index is -0.175. The molecule has 0 spiro atoms. The van der Waals surface area contributed by atoms with Crippen molar-refractivity contribution in [3.05, 3.63) is 82.4 Å². The Balaban J connectivity index is 1.77. The smallest absolute Gasteiger partial charge is 0.266 e. The highest BCUT2D eigenvalue weighted by atomic mass is 35.5. The molecule has 2 N–H and O–H groups in total. The third-order valence-corrected chi connectivity index (χ3v) is 4.89. The third-order valence-electron chi connectivity index (χ3n) is 4.65. The third kappa shape index (κ3) is 2.90. The highest BCUT2D eigenvalue weighted by Gasteiger charge is 2.15. The molecular weight excluding hydrogens is 390 g/mol. The van der Waals surface area contributed by atoms with Gasteiger partial charge in [-0.1, -0.05) is 29.8 Å². The molecule has 9 heteroatoms. The molecule has 2 aromatic carbocycles. The molecule has 0 fully saturated rings. The van der Waals surface area contributed by atoms with Gasteiger partial charge in [-0.25, -0.2) is 19.9 Å². The monoisotopic (exact) mass is 403 g/mol. The molecule has 5 aromatic rings. The van der Waals surface area contributed by atoms with E-state index in [1.165, 1.54) is 6.33 Å². The van der Waals surface area contributed by atoms with Gasteiger partial charge in [-0.2, -0.15) is 0 Å². The Morgan fingerprint density at radius 1 is 1.03 bits per heavy atom. The second kappa shape index (κ2) is 6.68. The molecule has 0 aliphatic heterocycles. The molecule has 3 aromatic heterocycles. The summed E-state index contributed by atoms with van der Waals surface area (Å²) in [5.74, 6) is 0.819. The number of nitrogens with zero attached hydrogens (tertiary/aromatic N) is 6. The molecule has 3 heterocycles. The van der Waals surface area contributed by atoms with Crippen LogP contribution in [-0.2, 0) is 6.54 Å². The van der Waals surface area contributed by atoms with Gasteiger partial charge in [-0.05, 0) is 30.3 Å². The van der Waals surface area contributed by atoms with E-state index in [1.807, 2.05) is 24.3 Å². The standard InChI is InChI=1S/C20H14ClN7O/c21-12-4-3-5-13(8-12)28-16(26-15-7-2-1-6-14(15)20(28)29)9-27-11-25-17-18(22)23-10-24-19(17)27/h1-8,10-11H,9H2,(H2,22,23,24). The molecule has 0 aliphatic rings. The van der Waals surface area contributed by atoms with Crippen molar-refractivity contribution in [2.75, 3.05) is 5.73 Å². The van der Waals surface area contributed by atoms with Crippen LogP contribution in [0, 0.1) is 0 Å². The number of fused-ring (bicyclic) bond motifs is 2. The summed E-state index contributed by atoms with van der Waals surface area (Å²) < 4.78 is 3.34. The van der Waals surface area contributed by atoms with Crippen molar-refractivity contribution >= 4 is 39.5 Å². The van der Waals surface area contributed by atoms with E-state index in [1.54, 1.807) is 39.7 Å². The van der Waals surface area contributed by atoms with Gasteiger partial charge in [0.25, 0.3) is 5.56 Å². The normalized spacial score (nSPS) is 11.3. The number of anilines is 1. The molecular formula is C20H14ClN7O. The lowest BCUT2D eigenvalue weighted by molar-refractivity contribution is 0.718. The highest BCUT2D eigenvalue weighted by Crippen LogP contribution is 2.19. The first-order valence-corrected chi connectivity index (χ1v) is 9.17. The van der Waals surface area contributed by atoms with Gasteiger partial charge in [0.2, 0.25) is 0 Å². The summed E-state index contributed by atoms with van der Waals surface area (Å²) in [6, 6.07) is 14.3. The van der Waals surface area contributed by atoms with E-state index >= 15 is 0 Å². The molecule has 0 amide bonds. The number of nitrogens with two attached hydrogens (primary N) is 1. The molecule has 0 bridgehead atoms. The minimum Gasteiger partial charge on any atom is -0.382 e. The Kier molecular flexibility index (Phi) is 3.99. The maximum Gasteiger partial charge on any atom is 0.266 e. The SMILES string of the molecule is Nc1ncnc2c1ncn2Cc1nc2ccccc2c(=O)n1-c1cccc(Cl)c1. The Hall–Kier alpha value is -3.78. The Bertz CT molecular complexity index is 1440. The Labute approximate surface area is 169 Å². The van der Waals surface area contributed by atoms with Crippen molar-refractivity contribution < 1.29 is 0 Å². The van der Waals surface area contributed by atoms with Crippen molar-refractivity contribution in [2.45, 2.75) is 6.54 Å². The molecule has 29 heavy (non-hydrogen) atoms. The number of para-hydroxylation sites is 1. The van der Waals surface area contributed by atoms with Crippen LogP contribution < -0.4 is 11.3 Å². The number of hydrogen-bond donors (Lipinski definition) is 1. The number of hydrogen-bond acceptors (Lipinski definition) is 6. The van der Waals surface area contributed by atoms with E-state index in [2.05, 4.69) is 15.0 Å². The lowest BCUT2D eigenvalue weighted by Crippen LogP contribution is -2.25. The minimum absolute atomic E-state index is 0.175. The second-order valence-electron chi connectivity index (χ2n) is 6.47. The number of halogens is 1. The van der Waals surface area contributed by atoms with Gasteiger partial charge >= 0.3 is 0 Å². The summed E-state index contributed by atoms with van der Waals surface area (Å²) >= 11 is 6.17. The first-order valence-electron chi connectivity index (χ1n) is 8.80. The lowest BCUT2D eigenvalue weighted by atomic mass is 10.2. The first kappa shape index (κ1) is 17.3. The van der Waals surface area contributed by atoms with Gasteiger partial charge in [-0.15, -0.1) is 0 Å². The predicted octanol–water partition coefficient (Wildman–Crippen LogP) is 2.81. The predicted molar refractivity (Wildman–Crippen MR) is 111 cm³/mol. The van der Waals surface area contributed by atoms with Crippen molar-refractivity contribution in [1.29, 1.82) is 0 Å². The van der Waals surface area contributed by atoms with Crippen molar-refractivity contribution in [3.8, 4) is 5.69 Å². The van der Waals surface area contributed by atoms with Crippen molar-refractivity contribution in [2.24, 2.45) is 0 Å². The summed E-state index contributed by atoms with van der Waals surface area (Å²) in [5.41, 5.74) is 8.03. The fourth-order valence-electron chi connectivity index (χ4n) is 3.33. The van der Waals surface area contributed by atoms with Crippen LogP contribution in [0.5, 0.6) is 0 Å². The number of imidazole rings is 1. The van der Waals surface area contributed by atoms with Crippen molar-refractivity contribution in [3.63, 3.8) is 0 Å². The van der Waals surface area contributed by atoms with Crippen LogP contribution in [0.4, 0.5) is 5.82 Å². The lowest BCUT2D eigenvalue weighted by Gasteiger charge is -2.14.